The van der Waals surface area contributed by atoms with Crippen molar-refractivity contribution in [1.29, 1.82) is 0 Å². The molecule has 0 fully saturated rings. The van der Waals surface area contributed by atoms with E-state index in [1.807, 2.05) is 0 Å². The highest BCUT2D eigenvalue weighted by Crippen LogP contribution is 2.25. The smallest absolute Gasteiger partial charge is 0.194 e. The number of nitrogen functional groups attached to an aromatic ring is 1. The van der Waals surface area contributed by atoms with E-state index in [4.69, 9.17) is 5.73 Å². The molecular weight excluding hydrogens is 281 g/mol. The van der Waals surface area contributed by atoms with Gasteiger partial charge in [0.1, 0.15) is 5.82 Å². The van der Waals surface area contributed by atoms with Gasteiger partial charge >= 0.3 is 0 Å². The van der Waals surface area contributed by atoms with E-state index in [1.54, 1.807) is 12.1 Å². The van der Waals surface area contributed by atoms with Crippen LogP contribution in [-0.2, 0) is 0 Å². The standard InChI is InChI=1S/C14H9F3N4/c15-10-4-9(5-11(16)14(10)17)21-7-19-6-12(21)8-1-2-20-13(18)3-8/h1-7H,(H2,18,20). The summed E-state index contributed by atoms with van der Waals surface area (Å²) in [7, 11) is 0. The Hall–Kier alpha value is -2.83. The van der Waals surface area contributed by atoms with Crippen molar-refractivity contribution in [3.05, 3.63) is 60.4 Å². The Morgan fingerprint density at radius 1 is 1.05 bits per heavy atom. The summed E-state index contributed by atoms with van der Waals surface area (Å²) >= 11 is 0. The van der Waals surface area contributed by atoms with Crippen molar-refractivity contribution < 1.29 is 13.2 Å². The molecule has 2 N–H and O–H groups in total. The zero-order valence-electron chi connectivity index (χ0n) is 10.6. The highest BCUT2D eigenvalue weighted by atomic mass is 19.2. The second kappa shape index (κ2) is 4.93. The van der Waals surface area contributed by atoms with Gasteiger partial charge in [-0.3, -0.25) is 4.57 Å². The third-order valence-electron chi connectivity index (χ3n) is 2.96. The maximum atomic E-state index is 13.4. The topological polar surface area (TPSA) is 56.7 Å². The van der Waals surface area contributed by atoms with Gasteiger partial charge in [-0.1, -0.05) is 0 Å². The molecule has 0 atom stereocenters. The van der Waals surface area contributed by atoms with Crippen LogP contribution in [0.4, 0.5) is 19.0 Å². The number of hydrogen-bond acceptors (Lipinski definition) is 3. The quantitative estimate of drug-likeness (QED) is 0.738. The molecule has 7 heteroatoms. The van der Waals surface area contributed by atoms with E-state index in [2.05, 4.69) is 9.97 Å². The second-order valence-electron chi connectivity index (χ2n) is 4.34. The van der Waals surface area contributed by atoms with Crippen molar-refractivity contribution in [1.82, 2.24) is 14.5 Å². The van der Waals surface area contributed by atoms with Gasteiger partial charge < -0.3 is 5.73 Å². The molecule has 4 nitrogen and oxygen atoms in total. The van der Waals surface area contributed by atoms with Gasteiger partial charge in [0, 0.05) is 23.9 Å². The van der Waals surface area contributed by atoms with Gasteiger partial charge in [0.15, 0.2) is 17.5 Å². The van der Waals surface area contributed by atoms with Crippen LogP contribution in [-0.4, -0.2) is 14.5 Å². The lowest BCUT2D eigenvalue weighted by atomic mass is 10.2. The van der Waals surface area contributed by atoms with Crippen LogP contribution in [0.15, 0.2) is 43.0 Å². The normalized spacial score (nSPS) is 10.8. The minimum atomic E-state index is -1.51. The summed E-state index contributed by atoms with van der Waals surface area (Å²) in [5.41, 5.74) is 6.95. The number of aromatic nitrogens is 3. The zero-order chi connectivity index (χ0) is 15.0. The third kappa shape index (κ3) is 2.33. The van der Waals surface area contributed by atoms with Gasteiger partial charge in [0.25, 0.3) is 0 Å². The first-order chi connectivity index (χ1) is 10.1. The van der Waals surface area contributed by atoms with E-state index in [0.717, 1.165) is 12.1 Å². The van der Waals surface area contributed by atoms with Crippen LogP contribution < -0.4 is 5.73 Å². The van der Waals surface area contributed by atoms with Crippen LogP contribution in [0, 0.1) is 17.5 Å². The lowest BCUT2D eigenvalue weighted by Gasteiger charge is -2.09. The summed E-state index contributed by atoms with van der Waals surface area (Å²) in [6, 6.07) is 5.08. The minimum Gasteiger partial charge on any atom is -0.384 e. The van der Waals surface area contributed by atoms with Gasteiger partial charge in [0.2, 0.25) is 0 Å². The summed E-state index contributed by atoms with van der Waals surface area (Å²) in [5.74, 6) is -3.73. The summed E-state index contributed by atoms with van der Waals surface area (Å²) in [6.45, 7) is 0. The van der Waals surface area contributed by atoms with Crippen LogP contribution >= 0.6 is 0 Å². The summed E-state index contributed by atoms with van der Waals surface area (Å²) in [5, 5.41) is 0. The Balaban J connectivity index is 2.16. The lowest BCUT2D eigenvalue weighted by Crippen LogP contribution is -2.00. The molecule has 0 aliphatic carbocycles. The molecule has 2 aromatic heterocycles. The molecule has 0 spiro atoms. The van der Waals surface area contributed by atoms with E-state index in [1.165, 1.54) is 23.3 Å². The van der Waals surface area contributed by atoms with Crippen LogP contribution in [0.25, 0.3) is 16.9 Å². The summed E-state index contributed by atoms with van der Waals surface area (Å²) in [4.78, 5) is 7.82. The van der Waals surface area contributed by atoms with Crippen LogP contribution in [0.1, 0.15) is 0 Å². The third-order valence-corrected chi connectivity index (χ3v) is 2.96. The van der Waals surface area contributed by atoms with Gasteiger partial charge in [0.05, 0.1) is 23.9 Å². The number of benzene rings is 1. The van der Waals surface area contributed by atoms with Crippen molar-refractivity contribution in [3.63, 3.8) is 0 Å². The first-order valence-electron chi connectivity index (χ1n) is 5.95. The molecule has 0 radical (unpaired) electrons. The largest absolute Gasteiger partial charge is 0.384 e. The molecule has 0 unspecified atom stereocenters. The van der Waals surface area contributed by atoms with E-state index < -0.39 is 17.5 Å². The molecule has 0 bridgehead atoms. The molecule has 1 aromatic carbocycles. The van der Waals surface area contributed by atoms with E-state index in [0.29, 0.717) is 17.1 Å². The number of imidazole rings is 1. The molecule has 0 saturated carbocycles. The Morgan fingerprint density at radius 3 is 2.43 bits per heavy atom. The van der Waals surface area contributed by atoms with Crippen LogP contribution in [0.3, 0.4) is 0 Å². The molecule has 0 amide bonds. The van der Waals surface area contributed by atoms with Crippen molar-refractivity contribution in [2.45, 2.75) is 0 Å². The number of nitrogens with zero attached hydrogens (tertiary/aromatic N) is 3. The number of nitrogens with two attached hydrogens (primary N) is 1. The van der Waals surface area contributed by atoms with E-state index in [9.17, 15) is 13.2 Å². The van der Waals surface area contributed by atoms with E-state index >= 15 is 0 Å². The number of hydrogen-bond donors (Lipinski definition) is 1. The fraction of sp³-hybridized carbons (Fsp3) is 0. The molecule has 3 rings (SSSR count). The van der Waals surface area contributed by atoms with Crippen molar-refractivity contribution >= 4 is 5.82 Å². The summed E-state index contributed by atoms with van der Waals surface area (Å²) < 4.78 is 41.2. The lowest BCUT2D eigenvalue weighted by molar-refractivity contribution is 0.446. The predicted octanol–water partition coefficient (Wildman–Crippen LogP) is 2.93. The van der Waals surface area contributed by atoms with E-state index in [-0.39, 0.29) is 5.69 Å². The molecule has 106 valence electrons. The van der Waals surface area contributed by atoms with Crippen molar-refractivity contribution in [2.24, 2.45) is 0 Å². The fourth-order valence-corrected chi connectivity index (χ4v) is 2.00. The van der Waals surface area contributed by atoms with Crippen molar-refractivity contribution in [2.75, 3.05) is 5.73 Å². The van der Waals surface area contributed by atoms with Gasteiger partial charge in [-0.25, -0.2) is 23.1 Å². The number of rotatable bonds is 2. The molecule has 2 heterocycles. The van der Waals surface area contributed by atoms with Gasteiger partial charge in [-0.15, -0.1) is 0 Å². The Labute approximate surface area is 117 Å². The molecule has 0 aliphatic heterocycles. The first kappa shape index (κ1) is 13.2. The average molecular weight is 290 g/mol. The highest BCUT2D eigenvalue weighted by molar-refractivity contribution is 5.64. The molecular formula is C14H9F3N4. The average Bonchev–Trinajstić information content (AvgIpc) is 2.93. The Morgan fingerprint density at radius 2 is 1.76 bits per heavy atom. The number of anilines is 1. The van der Waals surface area contributed by atoms with Crippen molar-refractivity contribution in [3.8, 4) is 16.9 Å². The van der Waals surface area contributed by atoms with Gasteiger partial charge in [-0.2, -0.15) is 0 Å². The fourth-order valence-electron chi connectivity index (χ4n) is 2.00. The predicted molar refractivity (Wildman–Crippen MR) is 71.1 cm³/mol. The Bertz CT molecular complexity index is 790. The second-order valence-corrected chi connectivity index (χ2v) is 4.34. The first-order valence-corrected chi connectivity index (χ1v) is 5.95. The molecule has 3 aromatic rings. The minimum absolute atomic E-state index is 0.120. The Kier molecular flexibility index (Phi) is 3.09. The maximum absolute atomic E-state index is 13.4. The van der Waals surface area contributed by atoms with Crippen LogP contribution in [0.2, 0.25) is 0 Å². The highest BCUT2D eigenvalue weighted by Gasteiger charge is 2.14. The monoisotopic (exact) mass is 290 g/mol. The summed E-state index contributed by atoms with van der Waals surface area (Å²) in [6.07, 6.45) is 4.39. The number of halogens is 3. The van der Waals surface area contributed by atoms with Crippen LogP contribution in [0.5, 0.6) is 0 Å². The molecule has 21 heavy (non-hydrogen) atoms. The zero-order valence-corrected chi connectivity index (χ0v) is 10.6. The molecule has 0 aliphatic rings. The maximum Gasteiger partial charge on any atom is 0.194 e. The van der Waals surface area contributed by atoms with Gasteiger partial charge in [-0.05, 0) is 12.1 Å². The number of pyridine rings is 1. The molecule has 0 saturated heterocycles. The SMILES string of the molecule is Nc1cc(-c2cncn2-c2cc(F)c(F)c(F)c2)ccn1.